The average Bonchev–Trinajstić information content (AvgIpc) is 3.68. The molecule has 2 fully saturated rings. The van der Waals surface area contributed by atoms with E-state index in [0.29, 0.717) is 49.8 Å². The van der Waals surface area contributed by atoms with E-state index in [1.54, 1.807) is 0 Å². The molecule has 384 valence electrons. The summed E-state index contributed by atoms with van der Waals surface area (Å²) >= 11 is 7.33. The number of nitrogens with two attached hydrogens (primary N) is 1. The molecule has 0 aromatic heterocycles. The van der Waals surface area contributed by atoms with Crippen molar-refractivity contribution in [3.8, 4) is 0 Å². The fourth-order valence-corrected chi connectivity index (χ4v) is 12.7. The Hall–Kier alpha value is -3.46. The van der Waals surface area contributed by atoms with E-state index in [4.69, 9.17) is 17.3 Å². The number of carbonyl (C=O) groups is 1. The molecule has 7 N–H and O–H groups in total. The van der Waals surface area contributed by atoms with E-state index in [1.807, 2.05) is 6.07 Å². The van der Waals surface area contributed by atoms with Crippen LogP contribution in [-0.2, 0) is 25.7 Å². The lowest BCUT2D eigenvalue weighted by molar-refractivity contribution is -0.438. The van der Waals surface area contributed by atoms with E-state index in [9.17, 15) is 17.8 Å². The molecular weight excluding hydrogens is 914 g/mol. The van der Waals surface area contributed by atoms with Crippen molar-refractivity contribution in [1.82, 2.24) is 21.3 Å². The van der Waals surface area contributed by atoms with E-state index in [1.165, 1.54) is 35.4 Å². The number of Topliss-reactive ketones (excluding diaryl/α,β-unsaturated/α-hetero) is 1. The first-order chi connectivity index (χ1) is 33.6. The Kier molecular flexibility index (Phi) is 19.4. The first kappa shape index (κ1) is 54.3. The fourth-order valence-electron chi connectivity index (χ4n) is 11.9. The Morgan fingerprint density at radius 2 is 1.53 bits per heavy atom. The van der Waals surface area contributed by atoms with Crippen molar-refractivity contribution >= 4 is 44.6 Å². The van der Waals surface area contributed by atoms with Crippen molar-refractivity contribution in [3.63, 3.8) is 0 Å². The van der Waals surface area contributed by atoms with Crippen LogP contribution in [0.25, 0.3) is 0 Å². The Bertz CT molecular complexity index is 2390. The predicted molar refractivity (Wildman–Crippen MR) is 290 cm³/mol. The summed E-state index contributed by atoms with van der Waals surface area (Å²) in [6.07, 6.45) is 22.7. The number of para-hydroxylation sites is 2. The Morgan fingerprint density at radius 3 is 2.30 bits per heavy atom. The van der Waals surface area contributed by atoms with Crippen molar-refractivity contribution in [1.29, 1.82) is 0 Å². The lowest BCUT2D eigenvalue weighted by atomic mass is 9.81. The molecule has 3 unspecified atom stereocenters. The number of nitrogens with zero attached hydrogens (tertiary/aromatic N) is 2. The van der Waals surface area contributed by atoms with E-state index >= 15 is 0 Å². The molecule has 70 heavy (non-hydrogen) atoms. The third-order valence-corrected chi connectivity index (χ3v) is 17.2. The number of unbranched alkanes of at least 4 members (excludes halogenated alkanes) is 3. The van der Waals surface area contributed by atoms with Crippen LogP contribution >= 0.6 is 11.6 Å². The monoisotopic (exact) mass is 999 g/mol. The van der Waals surface area contributed by atoms with Gasteiger partial charge in [0, 0.05) is 110 Å². The van der Waals surface area contributed by atoms with Gasteiger partial charge in [-0.25, -0.2) is 0 Å². The number of ketones is 1. The van der Waals surface area contributed by atoms with Crippen LogP contribution in [0.1, 0.15) is 135 Å². The summed E-state index contributed by atoms with van der Waals surface area (Å²) in [6, 6.07) is 17.2. The summed E-state index contributed by atoms with van der Waals surface area (Å²) in [5.74, 6) is 0.957. The molecule has 2 aromatic carbocycles. The molecule has 0 amide bonds. The zero-order valence-electron chi connectivity index (χ0n) is 42.9. The first-order valence-corrected chi connectivity index (χ1v) is 28.7. The highest BCUT2D eigenvalue weighted by molar-refractivity contribution is 7.85. The van der Waals surface area contributed by atoms with Gasteiger partial charge in [0.25, 0.3) is 10.1 Å². The molecule has 5 aliphatic rings. The third kappa shape index (κ3) is 14.2. The molecule has 11 nitrogen and oxygen atoms in total. The molecule has 2 saturated heterocycles. The number of carbonyl (C=O) groups excluding carboxylic acids is 1. The molecule has 1 aliphatic carbocycles. The van der Waals surface area contributed by atoms with Gasteiger partial charge < -0.3 is 31.9 Å². The number of fused-ring (bicyclic) bond motifs is 8. The minimum Gasteiger partial charge on any atom is -0.344 e. The van der Waals surface area contributed by atoms with Gasteiger partial charge >= 0.3 is 0 Å². The van der Waals surface area contributed by atoms with Crippen molar-refractivity contribution in [2.45, 2.75) is 140 Å². The molecule has 4 aliphatic heterocycles. The number of allylic oxidation sites excluding steroid dienone is 8. The lowest BCUT2D eigenvalue weighted by Crippen LogP contribution is -2.56. The Balaban J connectivity index is 1.01. The number of nitrogens with one attached hydrogen (secondary N) is 4. The van der Waals surface area contributed by atoms with Gasteiger partial charge in [-0.1, -0.05) is 93.3 Å². The average molecular weight is 1000 g/mol. The Morgan fingerprint density at radius 1 is 0.814 bits per heavy atom. The topological polar surface area (TPSA) is 152 Å². The van der Waals surface area contributed by atoms with Crippen LogP contribution in [0.3, 0.4) is 0 Å². The van der Waals surface area contributed by atoms with Crippen LogP contribution < -0.4 is 31.9 Å². The highest BCUT2D eigenvalue weighted by Gasteiger charge is 2.44. The fraction of sp³-hybridized carbons (Fsp3) is 0.614. The van der Waals surface area contributed by atoms with E-state index in [2.05, 4.69) is 125 Å². The van der Waals surface area contributed by atoms with Crippen LogP contribution in [0.5, 0.6) is 0 Å². The summed E-state index contributed by atoms with van der Waals surface area (Å²) in [6.45, 7) is 17.7. The Labute approximate surface area is 426 Å². The summed E-state index contributed by atoms with van der Waals surface area (Å²) in [4.78, 5) is 16.1. The van der Waals surface area contributed by atoms with Crippen LogP contribution in [0.2, 0.25) is 0 Å². The second kappa shape index (κ2) is 25.0. The van der Waals surface area contributed by atoms with Gasteiger partial charge in [-0.15, -0.1) is 0 Å². The quantitative estimate of drug-likeness (QED) is 0.0546. The third-order valence-electron chi connectivity index (χ3n) is 15.9. The van der Waals surface area contributed by atoms with Gasteiger partial charge in [-0.3, -0.25) is 9.35 Å². The highest BCUT2D eigenvalue weighted by Crippen LogP contribution is 2.48. The largest absolute Gasteiger partial charge is 0.344 e. The summed E-state index contributed by atoms with van der Waals surface area (Å²) in [5, 5.41) is 15.5. The maximum Gasteiger partial charge on any atom is 0.264 e. The first-order valence-electron chi connectivity index (χ1n) is 26.8. The zero-order chi connectivity index (χ0) is 49.8. The number of hydrogen-bond donors (Lipinski definition) is 6. The van der Waals surface area contributed by atoms with Gasteiger partial charge in [-0.05, 0) is 125 Å². The number of halogens is 1. The number of rotatable bonds is 16. The van der Waals surface area contributed by atoms with Crippen molar-refractivity contribution < 1.29 is 22.3 Å². The maximum absolute atomic E-state index is 13.8. The minimum absolute atomic E-state index is 0.190. The van der Waals surface area contributed by atoms with Crippen molar-refractivity contribution in [2.24, 2.45) is 17.6 Å². The van der Waals surface area contributed by atoms with Crippen LogP contribution in [0.4, 0.5) is 11.4 Å². The van der Waals surface area contributed by atoms with Gasteiger partial charge in [-0.2, -0.15) is 13.0 Å². The van der Waals surface area contributed by atoms with Crippen LogP contribution in [-0.4, -0.2) is 106 Å². The molecule has 0 spiro atoms. The van der Waals surface area contributed by atoms with Gasteiger partial charge in [0.15, 0.2) is 5.71 Å². The molecule has 4 heterocycles. The second-order valence-corrected chi connectivity index (χ2v) is 24.0. The zero-order valence-corrected chi connectivity index (χ0v) is 44.5. The summed E-state index contributed by atoms with van der Waals surface area (Å²) < 4.78 is 34.8. The molecule has 2 aromatic rings. The minimum atomic E-state index is -4.00. The molecule has 13 heteroatoms. The lowest BCUT2D eigenvalue weighted by Gasteiger charge is -2.31. The molecule has 7 rings (SSSR count). The summed E-state index contributed by atoms with van der Waals surface area (Å²) in [5.41, 5.74) is 15.9. The van der Waals surface area contributed by atoms with Crippen LogP contribution in [0, 0.1) is 11.8 Å². The molecule has 0 radical (unpaired) electrons. The van der Waals surface area contributed by atoms with Crippen molar-refractivity contribution in [3.05, 3.63) is 106 Å². The smallest absolute Gasteiger partial charge is 0.264 e. The maximum atomic E-state index is 13.8. The molecule has 2 bridgehead atoms. The van der Waals surface area contributed by atoms with E-state index in [0.717, 1.165) is 144 Å². The number of hydrogen-bond acceptors (Lipinski definition) is 9. The van der Waals surface area contributed by atoms with Gasteiger partial charge in [0.1, 0.15) is 12.3 Å². The number of anilines is 1. The van der Waals surface area contributed by atoms with E-state index < -0.39 is 10.1 Å². The number of benzene rings is 2. The standard InChI is InChI=1S/C57H84ClN7O4S/c1-55(2)48-22-9-11-24-50(48)64(35-14-6-8-21-47(66)38-46-40-61-32-34-63-42-57(59)30-13-5-7-18-45(46)39-60-31-33-62-41-57)52(55)28-26-43-19-17-20-44(54(43)58)27-29-53-56(3,4)49-23-10-12-25-51(49)65(53)36-15-16-37-70(67,68)69/h9-12,22-29,45-46,60-63H,5-8,13-21,30-42,59H2,1-4H3/p+1. The second-order valence-electron chi connectivity index (χ2n) is 22.0. The van der Waals surface area contributed by atoms with Crippen molar-refractivity contribution in [2.75, 3.05) is 76.1 Å². The highest BCUT2D eigenvalue weighted by atomic mass is 35.5. The molecule has 3 atom stereocenters. The van der Waals surface area contributed by atoms with E-state index in [-0.39, 0.29) is 22.1 Å². The molecule has 0 saturated carbocycles. The SMILES string of the molecule is CC1(C)C(=CC=C2CCCC(C=CC3=[N+](CCCCCC(=O)CC4CNCCNCC5(N)CCCCCC4CNCCNC5)c4ccccc4C3(C)C)=C2Cl)N(CCCCS(=O)(=O)O)c2ccccc21. The summed E-state index contributed by atoms with van der Waals surface area (Å²) in [7, 11) is -4.00. The molecular formula is C57H85ClN7O4S+. The van der Waals surface area contributed by atoms with Crippen LogP contribution in [0.15, 0.2) is 94.7 Å². The van der Waals surface area contributed by atoms with Gasteiger partial charge in [0.2, 0.25) is 5.69 Å². The normalized spacial score (nSPS) is 26.0. The van der Waals surface area contributed by atoms with Gasteiger partial charge in [0.05, 0.1) is 11.2 Å². The predicted octanol–water partition coefficient (Wildman–Crippen LogP) is 9.36.